The summed E-state index contributed by atoms with van der Waals surface area (Å²) in [6, 6.07) is 9.45. The number of fused-ring (bicyclic) bond motifs is 1. The molecule has 0 N–H and O–H groups in total. The van der Waals surface area contributed by atoms with E-state index in [1.165, 1.54) is 0 Å². The number of hydrogen-bond donors (Lipinski definition) is 0. The van der Waals surface area contributed by atoms with E-state index in [9.17, 15) is 4.79 Å². The van der Waals surface area contributed by atoms with Gasteiger partial charge in [-0.15, -0.1) is 0 Å². The molecule has 0 fully saturated rings. The van der Waals surface area contributed by atoms with Crippen LogP contribution in [-0.2, 0) is 4.79 Å². The fourth-order valence-corrected chi connectivity index (χ4v) is 2.29. The van der Waals surface area contributed by atoms with E-state index < -0.39 is 0 Å². The van der Waals surface area contributed by atoms with Crippen molar-refractivity contribution < 1.29 is 18.7 Å². The number of ketones is 1. The fraction of sp³-hybridized carbons (Fsp3) is 0.267. The number of hydrogen-bond acceptors (Lipinski definition) is 4. The van der Waals surface area contributed by atoms with Crippen molar-refractivity contribution in [2.24, 2.45) is 0 Å². The minimum Gasteiger partial charge on any atom is -0.469 e. The lowest BCUT2D eigenvalue weighted by atomic mass is 9.91. The zero-order chi connectivity index (χ0) is 13.2. The number of ether oxygens (including phenoxy) is 2. The molecule has 0 saturated heterocycles. The Kier molecular flexibility index (Phi) is 2.99. The van der Waals surface area contributed by atoms with Gasteiger partial charge in [-0.05, 0) is 36.8 Å². The molecule has 3 rings (SSSR count). The van der Waals surface area contributed by atoms with Gasteiger partial charge in [0.25, 0.3) is 0 Å². The van der Waals surface area contributed by atoms with E-state index in [1.807, 2.05) is 30.3 Å². The van der Waals surface area contributed by atoms with Crippen LogP contribution in [0.3, 0.4) is 0 Å². The summed E-state index contributed by atoms with van der Waals surface area (Å²) in [5, 5.41) is 0. The van der Waals surface area contributed by atoms with Gasteiger partial charge in [-0.1, -0.05) is 6.07 Å². The van der Waals surface area contributed by atoms with Crippen LogP contribution in [0.5, 0.6) is 11.5 Å². The number of furan rings is 1. The highest BCUT2D eigenvalue weighted by atomic mass is 16.7. The van der Waals surface area contributed by atoms with Gasteiger partial charge in [0.05, 0.1) is 6.26 Å². The molecule has 4 nitrogen and oxygen atoms in total. The number of benzene rings is 1. The summed E-state index contributed by atoms with van der Waals surface area (Å²) in [4.78, 5) is 11.5. The van der Waals surface area contributed by atoms with Crippen LogP contribution in [0.25, 0.3) is 0 Å². The normalized spacial score (nSPS) is 14.4. The lowest BCUT2D eigenvalue weighted by Gasteiger charge is -2.14. The summed E-state index contributed by atoms with van der Waals surface area (Å²) in [5.41, 5.74) is 0.995. The van der Waals surface area contributed by atoms with Gasteiger partial charge in [0.15, 0.2) is 11.5 Å². The van der Waals surface area contributed by atoms with Crippen molar-refractivity contribution in [3.05, 3.63) is 47.9 Å². The second kappa shape index (κ2) is 4.80. The smallest absolute Gasteiger partial charge is 0.231 e. The van der Waals surface area contributed by atoms with Crippen LogP contribution in [-0.4, -0.2) is 12.6 Å². The summed E-state index contributed by atoms with van der Waals surface area (Å²) in [5.74, 6) is 2.29. The number of rotatable bonds is 4. The topological polar surface area (TPSA) is 48.7 Å². The second-order valence-electron chi connectivity index (χ2n) is 4.59. The van der Waals surface area contributed by atoms with Gasteiger partial charge in [0.2, 0.25) is 6.79 Å². The molecular formula is C15H14O4. The van der Waals surface area contributed by atoms with Gasteiger partial charge in [-0.25, -0.2) is 0 Å². The molecule has 1 atom stereocenters. The average molecular weight is 258 g/mol. The summed E-state index contributed by atoms with van der Waals surface area (Å²) < 4.78 is 16.1. The molecule has 98 valence electrons. The third kappa shape index (κ3) is 2.34. The van der Waals surface area contributed by atoms with Crippen LogP contribution in [0.4, 0.5) is 0 Å². The summed E-state index contributed by atoms with van der Waals surface area (Å²) in [6.07, 6.45) is 2.03. The molecule has 0 spiro atoms. The third-order valence-corrected chi connectivity index (χ3v) is 3.18. The van der Waals surface area contributed by atoms with Crippen molar-refractivity contribution in [1.29, 1.82) is 0 Å². The zero-order valence-electron chi connectivity index (χ0n) is 10.6. The molecule has 2 heterocycles. The third-order valence-electron chi connectivity index (χ3n) is 3.18. The van der Waals surface area contributed by atoms with Crippen LogP contribution in [0.2, 0.25) is 0 Å². The Labute approximate surface area is 110 Å². The largest absolute Gasteiger partial charge is 0.469 e. The standard InChI is InChI=1S/C15H14O4/c1-10(16)7-12(13-3-2-6-17-13)11-4-5-14-15(8-11)19-9-18-14/h2-6,8,12H,7,9H2,1H3/t12-/m1/s1. The first-order chi connectivity index (χ1) is 9.24. The van der Waals surface area contributed by atoms with Crippen molar-refractivity contribution in [1.82, 2.24) is 0 Å². The Morgan fingerprint density at radius 3 is 2.84 bits per heavy atom. The maximum Gasteiger partial charge on any atom is 0.231 e. The van der Waals surface area contributed by atoms with Crippen molar-refractivity contribution >= 4 is 5.78 Å². The predicted octanol–water partition coefficient (Wildman–Crippen LogP) is 3.12. The van der Waals surface area contributed by atoms with Crippen molar-refractivity contribution in [2.45, 2.75) is 19.3 Å². The number of Topliss-reactive ketones (excluding diaryl/α,β-unsaturated/α-hetero) is 1. The molecule has 0 aliphatic carbocycles. The predicted molar refractivity (Wildman–Crippen MR) is 68.4 cm³/mol. The maximum absolute atomic E-state index is 11.5. The lowest BCUT2D eigenvalue weighted by Crippen LogP contribution is -2.05. The van der Waals surface area contributed by atoms with E-state index in [-0.39, 0.29) is 18.5 Å². The molecule has 0 unspecified atom stereocenters. The Morgan fingerprint density at radius 1 is 1.26 bits per heavy atom. The number of carbonyl (C=O) groups is 1. The fourth-order valence-electron chi connectivity index (χ4n) is 2.29. The van der Waals surface area contributed by atoms with Crippen molar-refractivity contribution in [3.63, 3.8) is 0 Å². The molecule has 2 aromatic rings. The monoisotopic (exact) mass is 258 g/mol. The van der Waals surface area contributed by atoms with Gasteiger partial charge in [-0.2, -0.15) is 0 Å². The van der Waals surface area contributed by atoms with E-state index >= 15 is 0 Å². The highest BCUT2D eigenvalue weighted by molar-refractivity contribution is 5.77. The molecule has 0 radical (unpaired) electrons. The minimum absolute atomic E-state index is 0.0815. The van der Waals surface area contributed by atoms with Crippen LogP contribution >= 0.6 is 0 Å². The van der Waals surface area contributed by atoms with E-state index in [2.05, 4.69) is 0 Å². The molecule has 0 saturated carbocycles. The molecule has 1 aromatic carbocycles. The van der Waals surface area contributed by atoms with E-state index in [1.54, 1.807) is 13.2 Å². The Bertz CT molecular complexity index is 586. The number of carbonyl (C=O) groups excluding carboxylic acids is 1. The van der Waals surface area contributed by atoms with Gasteiger partial charge in [0.1, 0.15) is 11.5 Å². The molecule has 1 aliphatic rings. The lowest BCUT2D eigenvalue weighted by molar-refractivity contribution is -0.117. The molecular weight excluding hydrogens is 244 g/mol. The van der Waals surface area contributed by atoms with Crippen LogP contribution < -0.4 is 9.47 Å². The molecule has 0 bridgehead atoms. The average Bonchev–Trinajstić information content (AvgIpc) is 3.06. The minimum atomic E-state index is -0.0815. The summed E-state index contributed by atoms with van der Waals surface area (Å²) in [6.45, 7) is 1.83. The first kappa shape index (κ1) is 11.8. The van der Waals surface area contributed by atoms with Crippen LogP contribution in [0.15, 0.2) is 41.0 Å². The Hall–Kier alpha value is -2.23. The second-order valence-corrected chi connectivity index (χ2v) is 4.59. The Balaban J connectivity index is 1.97. The van der Waals surface area contributed by atoms with E-state index in [0.717, 1.165) is 22.8 Å². The Morgan fingerprint density at radius 2 is 2.11 bits per heavy atom. The zero-order valence-corrected chi connectivity index (χ0v) is 10.6. The highest BCUT2D eigenvalue weighted by Gasteiger charge is 2.22. The molecule has 0 amide bonds. The summed E-state index contributed by atoms with van der Waals surface area (Å²) >= 11 is 0. The SMILES string of the molecule is CC(=O)C[C@H](c1ccc2c(c1)OCO2)c1ccco1. The van der Waals surface area contributed by atoms with Crippen molar-refractivity contribution in [2.75, 3.05) is 6.79 Å². The maximum atomic E-state index is 11.5. The van der Waals surface area contributed by atoms with Gasteiger partial charge in [-0.3, -0.25) is 4.79 Å². The van der Waals surface area contributed by atoms with Gasteiger partial charge >= 0.3 is 0 Å². The highest BCUT2D eigenvalue weighted by Crippen LogP contribution is 2.37. The van der Waals surface area contributed by atoms with E-state index in [0.29, 0.717) is 6.42 Å². The van der Waals surface area contributed by atoms with Crippen LogP contribution in [0, 0.1) is 0 Å². The molecule has 4 heteroatoms. The van der Waals surface area contributed by atoms with Gasteiger partial charge < -0.3 is 13.9 Å². The van der Waals surface area contributed by atoms with E-state index in [4.69, 9.17) is 13.9 Å². The first-order valence-electron chi connectivity index (χ1n) is 6.16. The van der Waals surface area contributed by atoms with Crippen LogP contribution in [0.1, 0.15) is 30.6 Å². The van der Waals surface area contributed by atoms with Gasteiger partial charge in [0, 0.05) is 12.3 Å². The quantitative estimate of drug-likeness (QED) is 0.845. The first-order valence-corrected chi connectivity index (χ1v) is 6.16. The van der Waals surface area contributed by atoms with Crippen molar-refractivity contribution in [3.8, 4) is 11.5 Å². The molecule has 19 heavy (non-hydrogen) atoms. The molecule has 1 aromatic heterocycles. The molecule has 1 aliphatic heterocycles. The summed E-state index contributed by atoms with van der Waals surface area (Å²) in [7, 11) is 0.